The van der Waals surface area contributed by atoms with Crippen LogP contribution < -0.4 is 15.8 Å². The van der Waals surface area contributed by atoms with E-state index < -0.39 is 5.91 Å². The van der Waals surface area contributed by atoms with Gasteiger partial charge in [-0.3, -0.25) is 4.79 Å². The van der Waals surface area contributed by atoms with Crippen LogP contribution in [0.4, 0.5) is 10.1 Å². The van der Waals surface area contributed by atoms with Crippen molar-refractivity contribution in [2.45, 2.75) is 6.54 Å². The van der Waals surface area contributed by atoms with E-state index in [1.165, 1.54) is 18.2 Å². The van der Waals surface area contributed by atoms with Crippen LogP contribution in [0.3, 0.4) is 0 Å². The second-order valence-electron chi connectivity index (χ2n) is 4.37. The Balaban J connectivity index is 2.14. The van der Waals surface area contributed by atoms with E-state index in [1.807, 2.05) is 12.1 Å². The van der Waals surface area contributed by atoms with Crippen molar-refractivity contribution in [2.75, 3.05) is 12.4 Å². The molecule has 0 heterocycles. The van der Waals surface area contributed by atoms with Crippen LogP contribution in [-0.2, 0) is 6.54 Å². The standard InChI is InChI=1S/C15H14BrFN2O2/c1-21-14-5-3-11(7-12(14)16)19-8-10-6-9(15(18)20)2-4-13(10)17/h2-7,19H,8H2,1H3,(H2,18,20). The zero-order valence-corrected chi connectivity index (χ0v) is 12.9. The molecule has 110 valence electrons. The molecule has 3 N–H and O–H groups in total. The number of amides is 1. The predicted octanol–water partition coefficient (Wildman–Crippen LogP) is 3.31. The van der Waals surface area contributed by atoms with Gasteiger partial charge in [-0.15, -0.1) is 0 Å². The largest absolute Gasteiger partial charge is 0.496 e. The van der Waals surface area contributed by atoms with E-state index >= 15 is 0 Å². The lowest BCUT2D eigenvalue weighted by Gasteiger charge is -2.10. The number of carbonyl (C=O) groups excluding carboxylic acids is 1. The van der Waals surface area contributed by atoms with Crippen molar-refractivity contribution >= 4 is 27.5 Å². The van der Waals surface area contributed by atoms with E-state index in [0.29, 0.717) is 11.3 Å². The van der Waals surface area contributed by atoms with Crippen molar-refractivity contribution in [3.05, 3.63) is 57.8 Å². The molecule has 4 nitrogen and oxygen atoms in total. The fourth-order valence-electron chi connectivity index (χ4n) is 1.84. The molecular weight excluding hydrogens is 339 g/mol. The number of carbonyl (C=O) groups is 1. The van der Waals surface area contributed by atoms with Crippen LogP contribution in [0.1, 0.15) is 15.9 Å². The minimum atomic E-state index is -0.580. The highest BCUT2D eigenvalue weighted by Gasteiger charge is 2.08. The summed E-state index contributed by atoms with van der Waals surface area (Å²) in [4.78, 5) is 11.1. The zero-order chi connectivity index (χ0) is 15.4. The highest BCUT2D eigenvalue weighted by molar-refractivity contribution is 9.10. The smallest absolute Gasteiger partial charge is 0.248 e. The van der Waals surface area contributed by atoms with Crippen molar-refractivity contribution in [2.24, 2.45) is 5.73 Å². The van der Waals surface area contributed by atoms with Gasteiger partial charge in [-0.05, 0) is 52.3 Å². The van der Waals surface area contributed by atoms with E-state index in [0.717, 1.165) is 10.2 Å². The van der Waals surface area contributed by atoms with Gasteiger partial charge in [0, 0.05) is 23.4 Å². The second-order valence-corrected chi connectivity index (χ2v) is 5.23. The number of rotatable bonds is 5. The molecule has 2 aromatic rings. The predicted molar refractivity (Wildman–Crippen MR) is 82.9 cm³/mol. The van der Waals surface area contributed by atoms with E-state index in [2.05, 4.69) is 21.2 Å². The van der Waals surface area contributed by atoms with Gasteiger partial charge < -0.3 is 15.8 Å². The van der Waals surface area contributed by atoms with E-state index in [4.69, 9.17) is 10.5 Å². The first kappa shape index (κ1) is 15.3. The molecule has 0 atom stereocenters. The first-order valence-corrected chi connectivity index (χ1v) is 6.96. The van der Waals surface area contributed by atoms with Gasteiger partial charge in [0.25, 0.3) is 0 Å². The van der Waals surface area contributed by atoms with Gasteiger partial charge in [-0.2, -0.15) is 0 Å². The molecule has 0 radical (unpaired) electrons. The summed E-state index contributed by atoms with van der Waals surface area (Å²) in [6.45, 7) is 0.242. The molecule has 21 heavy (non-hydrogen) atoms. The van der Waals surface area contributed by atoms with Gasteiger partial charge in [-0.25, -0.2) is 4.39 Å². The fraction of sp³-hybridized carbons (Fsp3) is 0.133. The minimum absolute atomic E-state index is 0.242. The Hall–Kier alpha value is -2.08. The zero-order valence-electron chi connectivity index (χ0n) is 11.3. The van der Waals surface area contributed by atoms with Crippen LogP contribution in [0.5, 0.6) is 5.75 Å². The molecule has 2 rings (SSSR count). The third-order valence-electron chi connectivity index (χ3n) is 2.96. The summed E-state index contributed by atoms with van der Waals surface area (Å²) in [5.41, 5.74) is 6.64. The molecule has 1 amide bonds. The van der Waals surface area contributed by atoms with Crippen LogP contribution in [0, 0.1) is 5.82 Å². The number of ether oxygens (including phenoxy) is 1. The highest BCUT2D eigenvalue weighted by Crippen LogP contribution is 2.28. The van der Waals surface area contributed by atoms with Gasteiger partial charge in [0.05, 0.1) is 11.6 Å². The fourth-order valence-corrected chi connectivity index (χ4v) is 2.38. The molecular formula is C15H14BrFN2O2. The maximum atomic E-state index is 13.7. The van der Waals surface area contributed by atoms with Gasteiger partial charge in [0.15, 0.2) is 0 Å². The number of methoxy groups -OCH3 is 1. The number of hydrogen-bond donors (Lipinski definition) is 2. The summed E-state index contributed by atoms with van der Waals surface area (Å²) in [5.74, 6) is -0.258. The average molecular weight is 353 g/mol. The van der Waals surface area contributed by atoms with Crippen molar-refractivity contribution < 1.29 is 13.9 Å². The molecule has 0 fully saturated rings. The number of nitrogens with one attached hydrogen (secondary N) is 1. The minimum Gasteiger partial charge on any atom is -0.496 e. The Bertz CT molecular complexity index is 677. The maximum absolute atomic E-state index is 13.7. The molecule has 0 aliphatic rings. The molecule has 0 spiro atoms. The lowest BCUT2D eigenvalue weighted by atomic mass is 10.1. The molecule has 2 aromatic carbocycles. The number of hydrogen-bond acceptors (Lipinski definition) is 3. The van der Waals surface area contributed by atoms with Gasteiger partial charge >= 0.3 is 0 Å². The van der Waals surface area contributed by atoms with E-state index in [1.54, 1.807) is 13.2 Å². The lowest BCUT2D eigenvalue weighted by Crippen LogP contribution is -2.12. The summed E-state index contributed by atoms with van der Waals surface area (Å²) in [7, 11) is 1.58. The Labute approximate surface area is 130 Å². The molecule has 0 aliphatic carbocycles. The van der Waals surface area contributed by atoms with E-state index in [9.17, 15) is 9.18 Å². The number of anilines is 1. The Morgan fingerprint density at radius 1 is 1.33 bits per heavy atom. The topological polar surface area (TPSA) is 64.3 Å². The summed E-state index contributed by atoms with van der Waals surface area (Å²) in [5, 5.41) is 3.08. The first-order valence-electron chi connectivity index (χ1n) is 6.17. The molecule has 0 bridgehead atoms. The van der Waals surface area contributed by atoms with Crippen molar-refractivity contribution in [1.29, 1.82) is 0 Å². The number of primary amides is 1. The number of nitrogens with two attached hydrogens (primary N) is 1. The highest BCUT2D eigenvalue weighted by atomic mass is 79.9. The average Bonchev–Trinajstić information content (AvgIpc) is 2.46. The van der Waals surface area contributed by atoms with Gasteiger partial charge in [0.2, 0.25) is 5.91 Å². The molecule has 6 heteroatoms. The molecule has 0 saturated carbocycles. The molecule has 0 aromatic heterocycles. The second kappa shape index (κ2) is 6.58. The van der Waals surface area contributed by atoms with Crippen LogP contribution in [-0.4, -0.2) is 13.0 Å². The summed E-state index contributed by atoms with van der Waals surface area (Å²) in [6, 6.07) is 9.49. The number of halogens is 2. The Kier molecular flexibility index (Phi) is 4.80. The summed E-state index contributed by atoms with van der Waals surface area (Å²) < 4.78 is 19.6. The van der Waals surface area contributed by atoms with Crippen LogP contribution >= 0.6 is 15.9 Å². The monoisotopic (exact) mass is 352 g/mol. The first-order chi connectivity index (χ1) is 10.0. The summed E-state index contributed by atoms with van der Waals surface area (Å²) in [6.07, 6.45) is 0. The van der Waals surface area contributed by atoms with E-state index in [-0.39, 0.29) is 17.9 Å². The Morgan fingerprint density at radius 3 is 2.71 bits per heavy atom. The van der Waals surface area contributed by atoms with Gasteiger partial charge in [0.1, 0.15) is 11.6 Å². The quantitative estimate of drug-likeness (QED) is 0.867. The van der Waals surface area contributed by atoms with Crippen LogP contribution in [0.2, 0.25) is 0 Å². The third kappa shape index (κ3) is 3.72. The molecule has 0 saturated heterocycles. The SMILES string of the molecule is COc1ccc(NCc2cc(C(N)=O)ccc2F)cc1Br. The van der Waals surface area contributed by atoms with Crippen molar-refractivity contribution in [3.63, 3.8) is 0 Å². The summed E-state index contributed by atoms with van der Waals surface area (Å²) >= 11 is 3.38. The van der Waals surface area contributed by atoms with Crippen molar-refractivity contribution in [3.8, 4) is 5.75 Å². The molecule has 0 aliphatic heterocycles. The van der Waals surface area contributed by atoms with Crippen LogP contribution in [0.25, 0.3) is 0 Å². The lowest BCUT2D eigenvalue weighted by molar-refractivity contribution is 0.1000. The maximum Gasteiger partial charge on any atom is 0.248 e. The van der Waals surface area contributed by atoms with Gasteiger partial charge in [-0.1, -0.05) is 0 Å². The Morgan fingerprint density at radius 2 is 2.10 bits per heavy atom. The van der Waals surface area contributed by atoms with Crippen LogP contribution in [0.15, 0.2) is 40.9 Å². The van der Waals surface area contributed by atoms with Crippen molar-refractivity contribution in [1.82, 2.24) is 0 Å². The number of benzene rings is 2. The third-order valence-corrected chi connectivity index (χ3v) is 3.58. The molecule has 0 unspecified atom stereocenters. The normalized spacial score (nSPS) is 10.2.